The van der Waals surface area contributed by atoms with E-state index in [1.807, 2.05) is 0 Å². The highest BCUT2D eigenvalue weighted by Crippen LogP contribution is 2.43. The summed E-state index contributed by atoms with van der Waals surface area (Å²) in [7, 11) is 1.12. The van der Waals surface area contributed by atoms with E-state index < -0.39 is 52.3 Å². The van der Waals surface area contributed by atoms with Crippen LogP contribution in [0.15, 0.2) is 29.7 Å². The summed E-state index contributed by atoms with van der Waals surface area (Å²) in [5.41, 5.74) is -0.796. The van der Waals surface area contributed by atoms with Crippen molar-refractivity contribution in [1.29, 1.82) is 0 Å². The normalized spacial score (nSPS) is 13.3. The van der Waals surface area contributed by atoms with Crippen molar-refractivity contribution in [1.82, 2.24) is 0 Å². The lowest BCUT2D eigenvalue weighted by molar-refractivity contribution is -0.277. The molecule has 0 atom stereocenters. The van der Waals surface area contributed by atoms with Crippen LogP contribution >= 0.6 is 11.6 Å². The van der Waals surface area contributed by atoms with Crippen LogP contribution in [0.25, 0.3) is 0 Å². The molecule has 0 aliphatic heterocycles. The average molecular weight is 411 g/mol. The summed E-state index contributed by atoms with van der Waals surface area (Å²) in [6.45, 7) is 0. The van der Waals surface area contributed by atoms with Gasteiger partial charge in [-0.3, -0.25) is 0 Å². The minimum absolute atomic E-state index is 0.413. The van der Waals surface area contributed by atoms with Crippen LogP contribution in [0.3, 0.4) is 0 Å². The van der Waals surface area contributed by atoms with Crippen molar-refractivity contribution in [2.75, 3.05) is 14.2 Å². The first-order valence-electron chi connectivity index (χ1n) is 6.43. The van der Waals surface area contributed by atoms with Gasteiger partial charge in [0, 0.05) is 10.6 Å². The maximum atomic E-state index is 13.6. The Morgan fingerprint density at radius 3 is 2.08 bits per heavy atom. The van der Waals surface area contributed by atoms with E-state index in [9.17, 15) is 35.5 Å². The number of hydrogen-bond donors (Lipinski definition) is 0. The van der Waals surface area contributed by atoms with Crippen LogP contribution in [0.4, 0.5) is 30.7 Å². The molecule has 1 aromatic rings. The second-order valence-corrected chi connectivity index (χ2v) is 4.92. The molecular weight excluding hydrogens is 401 g/mol. The minimum atomic E-state index is -6.13. The summed E-state index contributed by atoms with van der Waals surface area (Å²) in [6.07, 6.45) is -9.23. The fraction of sp³-hybridized carbons (Fsp3) is 0.357. The second kappa shape index (κ2) is 8.02. The molecule has 0 fully saturated rings. The Bertz CT molecular complexity index is 701. The van der Waals surface area contributed by atoms with E-state index in [4.69, 9.17) is 11.6 Å². The van der Waals surface area contributed by atoms with Crippen LogP contribution in [0.5, 0.6) is 5.75 Å². The summed E-state index contributed by atoms with van der Waals surface area (Å²) in [4.78, 5) is 11.6. The van der Waals surface area contributed by atoms with Crippen LogP contribution in [-0.4, -0.2) is 32.3 Å². The quantitative estimate of drug-likeness (QED) is 0.290. The van der Waals surface area contributed by atoms with Gasteiger partial charge in [0.1, 0.15) is 5.75 Å². The van der Waals surface area contributed by atoms with Gasteiger partial charge in [0.25, 0.3) is 12.2 Å². The Hall–Kier alpha value is -2.17. The van der Waals surface area contributed by atoms with Crippen molar-refractivity contribution in [3.05, 3.63) is 40.3 Å². The van der Waals surface area contributed by atoms with Gasteiger partial charge >= 0.3 is 18.1 Å². The van der Waals surface area contributed by atoms with E-state index in [0.29, 0.717) is 20.3 Å². The predicted octanol–water partition coefficient (Wildman–Crippen LogP) is 4.89. The zero-order chi connectivity index (χ0) is 20.3. The molecule has 0 spiro atoms. The summed E-state index contributed by atoms with van der Waals surface area (Å²) >= 11 is 5.51. The maximum Gasteiger partial charge on any atom is 0.461 e. The van der Waals surface area contributed by atoms with E-state index in [1.165, 1.54) is 0 Å². The molecule has 1 aromatic carbocycles. The number of esters is 1. The third-order valence-electron chi connectivity index (χ3n) is 2.84. The SMILES string of the molecule is COC(=O)/C(Oc1ccc(Cl)c(C(F)F)c1)=C(/OC)C(F)(F)C(F)(F)F. The highest BCUT2D eigenvalue weighted by atomic mass is 35.5. The number of halogens is 8. The standard InChI is InChI=1S/C14H10ClF7O4/c1-24-10(13(18,19)14(20,21)22)9(12(23)25-2)26-6-3-4-8(15)7(5-6)11(16)17/h3-5,11H,1-2H3/b10-9-. The van der Waals surface area contributed by atoms with Gasteiger partial charge in [-0.15, -0.1) is 0 Å². The fourth-order valence-electron chi connectivity index (χ4n) is 1.64. The number of rotatable bonds is 6. The number of alkyl halides is 7. The first-order valence-corrected chi connectivity index (χ1v) is 6.81. The molecule has 146 valence electrons. The molecule has 0 radical (unpaired) electrons. The lowest BCUT2D eigenvalue weighted by Crippen LogP contribution is -2.41. The largest absolute Gasteiger partial charge is 0.491 e. The number of methoxy groups -OCH3 is 2. The molecule has 0 unspecified atom stereocenters. The molecule has 1 rings (SSSR count). The summed E-state index contributed by atoms with van der Waals surface area (Å²) in [5, 5.41) is -0.413. The molecule has 0 aliphatic rings. The van der Waals surface area contributed by atoms with Gasteiger partial charge in [-0.25, -0.2) is 13.6 Å². The molecule has 0 amide bonds. The van der Waals surface area contributed by atoms with Crippen molar-refractivity contribution in [2.24, 2.45) is 0 Å². The number of ether oxygens (including phenoxy) is 3. The molecule has 0 saturated carbocycles. The van der Waals surface area contributed by atoms with Crippen LogP contribution < -0.4 is 4.74 Å². The van der Waals surface area contributed by atoms with Gasteiger partial charge in [0.2, 0.25) is 5.76 Å². The Morgan fingerprint density at radius 1 is 1.08 bits per heavy atom. The lowest BCUT2D eigenvalue weighted by atomic mass is 10.2. The van der Waals surface area contributed by atoms with Gasteiger partial charge in [-0.2, -0.15) is 22.0 Å². The van der Waals surface area contributed by atoms with E-state index in [1.54, 1.807) is 0 Å². The zero-order valence-corrected chi connectivity index (χ0v) is 13.7. The summed E-state index contributed by atoms with van der Waals surface area (Å²) in [5.74, 6) is -11.9. The van der Waals surface area contributed by atoms with Crippen LogP contribution in [0.2, 0.25) is 5.02 Å². The number of allylic oxidation sites excluding steroid dienone is 1. The van der Waals surface area contributed by atoms with E-state index in [-0.39, 0.29) is 0 Å². The van der Waals surface area contributed by atoms with Gasteiger partial charge in [0.05, 0.1) is 14.2 Å². The third-order valence-corrected chi connectivity index (χ3v) is 3.19. The Balaban J connectivity index is 3.52. The van der Waals surface area contributed by atoms with E-state index in [2.05, 4.69) is 14.2 Å². The first-order chi connectivity index (χ1) is 11.9. The Labute approximate surface area is 147 Å². The van der Waals surface area contributed by atoms with Crippen LogP contribution in [-0.2, 0) is 14.3 Å². The number of carbonyl (C=O) groups excluding carboxylic acids is 1. The molecule has 4 nitrogen and oxygen atoms in total. The van der Waals surface area contributed by atoms with E-state index in [0.717, 1.165) is 12.1 Å². The number of hydrogen-bond acceptors (Lipinski definition) is 4. The highest BCUT2D eigenvalue weighted by molar-refractivity contribution is 6.31. The number of carbonyl (C=O) groups is 1. The summed E-state index contributed by atoms with van der Waals surface area (Å²) < 4.78 is 103. The molecule has 0 saturated heterocycles. The maximum absolute atomic E-state index is 13.6. The first kappa shape index (κ1) is 21.9. The molecule has 0 N–H and O–H groups in total. The van der Waals surface area contributed by atoms with Crippen molar-refractivity contribution in [3.63, 3.8) is 0 Å². The minimum Gasteiger partial charge on any atom is -0.491 e. The monoisotopic (exact) mass is 410 g/mol. The average Bonchev–Trinajstić information content (AvgIpc) is 2.53. The molecule has 12 heteroatoms. The van der Waals surface area contributed by atoms with Gasteiger partial charge < -0.3 is 14.2 Å². The molecular formula is C14H10ClF7O4. The molecule has 0 heterocycles. The van der Waals surface area contributed by atoms with Crippen molar-refractivity contribution in [3.8, 4) is 5.75 Å². The predicted molar refractivity (Wildman–Crippen MR) is 74.1 cm³/mol. The van der Waals surface area contributed by atoms with Gasteiger partial charge in [-0.1, -0.05) is 11.6 Å². The third kappa shape index (κ3) is 4.51. The number of benzene rings is 1. The van der Waals surface area contributed by atoms with Crippen molar-refractivity contribution in [2.45, 2.75) is 18.5 Å². The van der Waals surface area contributed by atoms with Crippen molar-refractivity contribution >= 4 is 17.6 Å². The summed E-state index contributed by atoms with van der Waals surface area (Å²) in [6, 6.07) is 2.31. The smallest absolute Gasteiger partial charge is 0.461 e. The molecule has 26 heavy (non-hydrogen) atoms. The second-order valence-electron chi connectivity index (χ2n) is 4.51. The fourth-order valence-corrected chi connectivity index (χ4v) is 1.84. The van der Waals surface area contributed by atoms with E-state index >= 15 is 0 Å². The molecule has 0 aliphatic carbocycles. The Kier molecular flexibility index (Phi) is 6.75. The molecule has 0 bridgehead atoms. The topological polar surface area (TPSA) is 44.8 Å². The van der Waals surface area contributed by atoms with Crippen LogP contribution in [0.1, 0.15) is 12.0 Å². The van der Waals surface area contributed by atoms with Gasteiger partial charge in [-0.05, 0) is 18.2 Å². The van der Waals surface area contributed by atoms with Crippen LogP contribution in [0, 0.1) is 0 Å². The molecule has 0 aromatic heterocycles. The van der Waals surface area contributed by atoms with Crippen molar-refractivity contribution < 1.29 is 49.7 Å². The highest BCUT2D eigenvalue weighted by Gasteiger charge is 2.63. The van der Waals surface area contributed by atoms with Gasteiger partial charge in [0.15, 0.2) is 0 Å². The lowest BCUT2D eigenvalue weighted by Gasteiger charge is -2.23. The zero-order valence-electron chi connectivity index (χ0n) is 13.0. The Morgan fingerprint density at radius 2 is 1.65 bits per heavy atom.